The average molecular weight is 299 g/mol. The number of pyridine rings is 1. The third-order valence-electron chi connectivity index (χ3n) is 3.73. The van der Waals surface area contributed by atoms with Crippen LogP contribution in [0.5, 0.6) is 0 Å². The second-order valence-corrected chi connectivity index (χ2v) is 5.23. The summed E-state index contributed by atoms with van der Waals surface area (Å²) in [6.07, 6.45) is 5.12. The molecule has 0 atom stereocenters. The van der Waals surface area contributed by atoms with Gasteiger partial charge in [-0.05, 0) is 24.3 Å². The van der Waals surface area contributed by atoms with Crippen molar-refractivity contribution in [2.75, 3.05) is 0 Å². The Kier molecular flexibility index (Phi) is 3.20. The first-order valence-electron chi connectivity index (χ1n) is 7.32. The minimum absolute atomic E-state index is 0.139. The zero-order valence-electron chi connectivity index (χ0n) is 12.3. The van der Waals surface area contributed by atoms with E-state index in [2.05, 4.69) is 10.1 Å². The third-order valence-corrected chi connectivity index (χ3v) is 3.73. The molecule has 0 aliphatic rings. The van der Waals surface area contributed by atoms with Crippen LogP contribution in [0.15, 0.2) is 71.7 Å². The van der Waals surface area contributed by atoms with Crippen LogP contribution in [0.2, 0.25) is 0 Å². The summed E-state index contributed by atoms with van der Waals surface area (Å²) >= 11 is 0. The molecule has 0 aliphatic heterocycles. The predicted molar refractivity (Wildman–Crippen MR) is 93.0 cm³/mol. The number of fused-ring (bicyclic) bond motifs is 2. The molecule has 0 saturated carbocycles. The molecule has 0 aliphatic carbocycles. The summed E-state index contributed by atoms with van der Waals surface area (Å²) in [4.78, 5) is 16.9. The van der Waals surface area contributed by atoms with Crippen molar-refractivity contribution in [2.45, 2.75) is 0 Å². The first-order chi connectivity index (χ1) is 11.3. The quantitative estimate of drug-likeness (QED) is 0.568. The Labute approximate surface area is 132 Å². The molecule has 0 unspecified atom stereocenters. The zero-order chi connectivity index (χ0) is 15.6. The summed E-state index contributed by atoms with van der Waals surface area (Å²) in [5.41, 5.74) is 1.57. The van der Waals surface area contributed by atoms with E-state index in [0.29, 0.717) is 5.39 Å². The third kappa shape index (κ3) is 2.51. The van der Waals surface area contributed by atoms with Crippen molar-refractivity contribution >= 4 is 34.0 Å². The standard InChI is InChI=1S/C19H13N3O/c23-19-17-7-3-1-6-15(17)13-20-22(19)12-11-16-10-9-14-5-2-4-8-18(14)21-16/h1-13H. The van der Waals surface area contributed by atoms with E-state index in [9.17, 15) is 4.79 Å². The molecule has 4 aromatic rings. The lowest BCUT2D eigenvalue weighted by Crippen LogP contribution is -2.17. The monoisotopic (exact) mass is 299 g/mol. The van der Waals surface area contributed by atoms with E-state index in [4.69, 9.17) is 0 Å². The molecule has 110 valence electrons. The van der Waals surface area contributed by atoms with Crippen molar-refractivity contribution < 1.29 is 0 Å². The van der Waals surface area contributed by atoms with E-state index in [-0.39, 0.29) is 5.56 Å². The number of para-hydroxylation sites is 1. The van der Waals surface area contributed by atoms with Crippen molar-refractivity contribution in [2.24, 2.45) is 0 Å². The molecule has 4 nitrogen and oxygen atoms in total. The van der Waals surface area contributed by atoms with Crippen LogP contribution < -0.4 is 5.56 Å². The number of aromatic nitrogens is 3. The van der Waals surface area contributed by atoms with Gasteiger partial charge in [-0.15, -0.1) is 0 Å². The van der Waals surface area contributed by atoms with E-state index < -0.39 is 0 Å². The molecule has 2 heterocycles. The molecule has 0 N–H and O–H groups in total. The fourth-order valence-electron chi connectivity index (χ4n) is 2.53. The molecule has 4 heteroatoms. The Balaban J connectivity index is 1.75. The van der Waals surface area contributed by atoms with Gasteiger partial charge in [0.05, 0.1) is 22.8 Å². The number of nitrogens with zero attached hydrogens (tertiary/aromatic N) is 3. The van der Waals surface area contributed by atoms with Gasteiger partial charge < -0.3 is 0 Å². The number of hydrogen-bond acceptors (Lipinski definition) is 3. The second kappa shape index (κ2) is 5.50. The van der Waals surface area contributed by atoms with Crippen LogP contribution in [0.4, 0.5) is 0 Å². The molecule has 23 heavy (non-hydrogen) atoms. The van der Waals surface area contributed by atoms with Gasteiger partial charge in [0.2, 0.25) is 0 Å². The van der Waals surface area contributed by atoms with Crippen molar-refractivity contribution in [3.63, 3.8) is 0 Å². The molecular weight excluding hydrogens is 286 g/mol. The lowest BCUT2D eigenvalue weighted by atomic mass is 10.2. The predicted octanol–water partition coefficient (Wildman–Crippen LogP) is 3.57. The van der Waals surface area contributed by atoms with E-state index in [1.54, 1.807) is 24.5 Å². The topological polar surface area (TPSA) is 47.8 Å². The van der Waals surface area contributed by atoms with Crippen LogP contribution in [0, 0.1) is 0 Å². The van der Waals surface area contributed by atoms with Gasteiger partial charge in [0.25, 0.3) is 5.56 Å². The number of benzene rings is 2. The van der Waals surface area contributed by atoms with Crippen molar-refractivity contribution in [1.82, 2.24) is 14.8 Å². The molecule has 0 spiro atoms. The second-order valence-electron chi connectivity index (χ2n) is 5.23. The van der Waals surface area contributed by atoms with Crippen molar-refractivity contribution in [3.8, 4) is 0 Å². The Bertz CT molecular complexity index is 1100. The average Bonchev–Trinajstić information content (AvgIpc) is 2.61. The molecule has 0 amide bonds. The van der Waals surface area contributed by atoms with Crippen molar-refractivity contribution in [1.29, 1.82) is 0 Å². The van der Waals surface area contributed by atoms with Crippen LogP contribution in [0.25, 0.3) is 34.0 Å². The van der Waals surface area contributed by atoms with Gasteiger partial charge in [-0.3, -0.25) is 4.79 Å². The Morgan fingerprint density at radius 1 is 0.870 bits per heavy atom. The van der Waals surface area contributed by atoms with Gasteiger partial charge in [-0.25, -0.2) is 9.67 Å². The SMILES string of the molecule is O=c1c2ccccc2cnn1C=Cc1ccc2ccccc2n1. The van der Waals surface area contributed by atoms with Crippen LogP contribution >= 0.6 is 0 Å². The Hall–Kier alpha value is -3.27. The first kappa shape index (κ1) is 13.4. The highest BCUT2D eigenvalue weighted by molar-refractivity contribution is 5.81. The maximum Gasteiger partial charge on any atom is 0.278 e. The molecule has 0 saturated heterocycles. The lowest BCUT2D eigenvalue weighted by molar-refractivity contribution is 0.871. The van der Waals surface area contributed by atoms with Crippen molar-refractivity contribution in [3.05, 3.63) is 82.9 Å². The summed E-state index contributed by atoms with van der Waals surface area (Å²) in [5.74, 6) is 0. The van der Waals surface area contributed by atoms with Crippen LogP contribution in [-0.4, -0.2) is 14.8 Å². The van der Waals surface area contributed by atoms with E-state index in [0.717, 1.165) is 22.0 Å². The minimum atomic E-state index is -0.139. The summed E-state index contributed by atoms with van der Waals surface area (Å²) in [7, 11) is 0. The van der Waals surface area contributed by atoms with Gasteiger partial charge in [0.1, 0.15) is 0 Å². The summed E-state index contributed by atoms with van der Waals surface area (Å²) in [6.45, 7) is 0. The van der Waals surface area contributed by atoms with Gasteiger partial charge in [0, 0.05) is 17.0 Å². The largest absolute Gasteiger partial charge is 0.278 e. The summed E-state index contributed by atoms with van der Waals surface area (Å²) in [5, 5.41) is 6.75. The molecule has 2 aromatic heterocycles. The van der Waals surface area contributed by atoms with Gasteiger partial charge >= 0.3 is 0 Å². The van der Waals surface area contributed by atoms with Gasteiger partial charge in [-0.2, -0.15) is 5.10 Å². The number of rotatable bonds is 2. The lowest BCUT2D eigenvalue weighted by Gasteiger charge is -2.01. The maximum atomic E-state index is 12.4. The van der Waals surface area contributed by atoms with Gasteiger partial charge in [-0.1, -0.05) is 42.5 Å². The molecule has 0 fully saturated rings. The Morgan fingerprint density at radius 2 is 1.65 bits per heavy atom. The maximum absolute atomic E-state index is 12.4. The zero-order valence-corrected chi connectivity index (χ0v) is 12.3. The molecule has 0 radical (unpaired) electrons. The summed E-state index contributed by atoms with van der Waals surface area (Å²) in [6, 6.07) is 19.3. The highest BCUT2D eigenvalue weighted by atomic mass is 16.1. The Morgan fingerprint density at radius 3 is 2.57 bits per heavy atom. The van der Waals surface area contributed by atoms with E-state index in [1.807, 2.05) is 54.6 Å². The highest BCUT2D eigenvalue weighted by Crippen LogP contribution is 2.13. The van der Waals surface area contributed by atoms with Crippen LogP contribution in [0.1, 0.15) is 5.69 Å². The summed E-state index contributed by atoms with van der Waals surface area (Å²) < 4.78 is 1.33. The van der Waals surface area contributed by atoms with Crippen LogP contribution in [0.3, 0.4) is 0 Å². The fourth-order valence-corrected chi connectivity index (χ4v) is 2.53. The molecular formula is C19H13N3O. The highest BCUT2D eigenvalue weighted by Gasteiger charge is 2.01. The van der Waals surface area contributed by atoms with Gasteiger partial charge in [0.15, 0.2) is 0 Å². The minimum Gasteiger partial charge on any atom is -0.267 e. The molecule has 0 bridgehead atoms. The molecule has 4 rings (SSSR count). The first-order valence-corrected chi connectivity index (χ1v) is 7.32. The van der Waals surface area contributed by atoms with E-state index >= 15 is 0 Å². The smallest absolute Gasteiger partial charge is 0.267 e. The molecule has 2 aromatic carbocycles. The number of hydrogen-bond donors (Lipinski definition) is 0. The van der Waals surface area contributed by atoms with E-state index in [1.165, 1.54) is 4.68 Å². The normalized spacial score (nSPS) is 11.5. The van der Waals surface area contributed by atoms with Crippen LogP contribution in [-0.2, 0) is 0 Å². The fraction of sp³-hybridized carbons (Fsp3) is 0.